The Morgan fingerprint density at radius 3 is 2.71 bits per heavy atom. The van der Waals surface area contributed by atoms with Crippen molar-refractivity contribution < 1.29 is 8.78 Å². The van der Waals surface area contributed by atoms with Crippen LogP contribution in [0.5, 0.6) is 0 Å². The number of hydrogen-bond acceptors (Lipinski definition) is 3. The van der Waals surface area contributed by atoms with Crippen molar-refractivity contribution in [3.8, 4) is 10.6 Å². The first-order valence-electron chi connectivity index (χ1n) is 8.03. The fourth-order valence-corrected chi connectivity index (χ4v) is 3.93. The first-order chi connectivity index (χ1) is 11.4. The molecule has 2 aromatic heterocycles. The molecule has 24 heavy (non-hydrogen) atoms. The molecule has 1 fully saturated rings. The maximum absolute atomic E-state index is 14.1. The topological polar surface area (TPSA) is 21.1 Å². The van der Waals surface area contributed by atoms with Crippen LogP contribution >= 0.6 is 11.3 Å². The number of allylic oxidation sites excluding steroid dienone is 2. The summed E-state index contributed by atoms with van der Waals surface area (Å²) < 4.78 is 29.5. The molecule has 3 rings (SSSR count). The molecule has 0 bridgehead atoms. The third-order valence-corrected chi connectivity index (χ3v) is 5.38. The number of rotatable bonds is 5. The van der Waals surface area contributed by atoms with Gasteiger partial charge in [-0.1, -0.05) is 12.7 Å². The van der Waals surface area contributed by atoms with Gasteiger partial charge in [0.15, 0.2) is 0 Å². The minimum atomic E-state index is -3.02. The third kappa shape index (κ3) is 3.15. The molecular weight excluding hydrogens is 328 g/mol. The molecule has 1 aliphatic rings. The minimum absolute atomic E-state index is 0.107. The van der Waals surface area contributed by atoms with Gasteiger partial charge in [0.2, 0.25) is 0 Å². The molecule has 0 amide bonds. The highest BCUT2D eigenvalue weighted by Gasteiger charge is 2.32. The zero-order valence-corrected chi connectivity index (χ0v) is 14.7. The molecule has 1 aliphatic heterocycles. The lowest BCUT2D eigenvalue weighted by Crippen LogP contribution is -2.15. The molecule has 0 radical (unpaired) electrons. The third-order valence-electron chi connectivity index (χ3n) is 4.23. The van der Waals surface area contributed by atoms with Crippen molar-refractivity contribution in [3.05, 3.63) is 47.5 Å². The average molecular weight is 349 g/mol. The Morgan fingerprint density at radius 1 is 1.33 bits per heavy atom. The summed E-state index contributed by atoms with van der Waals surface area (Å²) in [6, 6.07) is 5.40. The van der Waals surface area contributed by atoms with Crippen LogP contribution in [-0.4, -0.2) is 27.8 Å². The molecule has 1 saturated heterocycles. The lowest BCUT2D eigenvalue weighted by molar-refractivity contribution is 0.0428. The first-order valence-corrected chi connectivity index (χ1v) is 8.84. The lowest BCUT2D eigenvalue weighted by Gasteiger charge is -2.18. The summed E-state index contributed by atoms with van der Waals surface area (Å²) in [6.07, 6.45) is 4.64. The van der Waals surface area contributed by atoms with E-state index in [1.807, 2.05) is 12.1 Å². The number of alkyl halides is 2. The van der Waals surface area contributed by atoms with Crippen molar-refractivity contribution in [1.29, 1.82) is 0 Å². The van der Waals surface area contributed by atoms with E-state index in [4.69, 9.17) is 0 Å². The van der Waals surface area contributed by atoms with E-state index in [0.717, 1.165) is 34.6 Å². The van der Waals surface area contributed by atoms with E-state index in [1.54, 1.807) is 25.3 Å². The smallest absolute Gasteiger partial charge is 0.307 e. The Morgan fingerprint density at radius 2 is 2.04 bits per heavy atom. The van der Waals surface area contributed by atoms with Gasteiger partial charge in [-0.2, -0.15) is 13.9 Å². The number of thiophene rings is 1. The average Bonchev–Trinajstić information content (AvgIpc) is 3.26. The van der Waals surface area contributed by atoms with Crippen LogP contribution in [0, 0.1) is 0 Å². The zero-order chi connectivity index (χ0) is 17.3. The van der Waals surface area contributed by atoms with E-state index in [1.165, 1.54) is 29.7 Å². The maximum atomic E-state index is 14.1. The Balaban J connectivity index is 1.87. The molecule has 128 valence electrons. The van der Waals surface area contributed by atoms with Crippen LogP contribution in [0.15, 0.2) is 36.9 Å². The van der Waals surface area contributed by atoms with Gasteiger partial charge in [-0.05, 0) is 44.0 Å². The molecule has 2 aromatic rings. The fourth-order valence-electron chi connectivity index (χ4n) is 2.97. The number of aryl methyl sites for hydroxylation is 1. The van der Waals surface area contributed by atoms with Crippen LogP contribution in [0.3, 0.4) is 0 Å². The molecule has 3 nitrogen and oxygen atoms in total. The summed E-state index contributed by atoms with van der Waals surface area (Å²) in [4.78, 5) is 4.22. The number of halogens is 2. The zero-order valence-electron chi connectivity index (χ0n) is 13.9. The first kappa shape index (κ1) is 16.9. The van der Waals surface area contributed by atoms with Crippen LogP contribution in [-0.2, 0) is 13.0 Å². The quantitative estimate of drug-likeness (QED) is 0.717. The molecule has 0 aliphatic carbocycles. The van der Waals surface area contributed by atoms with Gasteiger partial charge >= 0.3 is 5.92 Å². The van der Waals surface area contributed by atoms with Crippen LogP contribution in [0.25, 0.3) is 16.3 Å². The summed E-state index contributed by atoms with van der Waals surface area (Å²) in [5.74, 6) is -3.02. The summed E-state index contributed by atoms with van der Waals surface area (Å²) in [5.41, 5.74) is 1.48. The van der Waals surface area contributed by atoms with Gasteiger partial charge < -0.3 is 4.90 Å². The highest BCUT2D eigenvalue weighted by molar-refractivity contribution is 7.16. The SMILES string of the molecule is C=C(c1ccc(-c2cc(C(F)(F)/C=C/C)n(C)n2)s1)N1CCCC1. The molecule has 0 aromatic carbocycles. The van der Waals surface area contributed by atoms with Gasteiger partial charge in [-0.15, -0.1) is 11.3 Å². The molecule has 6 heteroatoms. The summed E-state index contributed by atoms with van der Waals surface area (Å²) in [7, 11) is 1.55. The Hall–Kier alpha value is -1.95. The molecule has 0 N–H and O–H groups in total. The highest BCUT2D eigenvalue weighted by atomic mass is 32.1. The van der Waals surface area contributed by atoms with Crippen LogP contribution in [0.4, 0.5) is 8.78 Å². The Kier molecular flexibility index (Phi) is 4.58. The summed E-state index contributed by atoms with van der Waals surface area (Å²) in [6.45, 7) is 7.84. The van der Waals surface area contributed by atoms with Gasteiger partial charge in [0.1, 0.15) is 11.4 Å². The van der Waals surface area contributed by atoms with Crippen molar-refractivity contribution in [2.24, 2.45) is 7.05 Å². The highest BCUT2D eigenvalue weighted by Crippen LogP contribution is 2.36. The number of likely N-dealkylation sites (tertiary alicyclic amines) is 1. The van der Waals surface area contributed by atoms with Crippen molar-refractivity contribution in [2.75, 3.05) is 13.1 Å². The number of nitrogens with zero attached hydrogens (tertiary/aromatic N) is 3. The van der Waals surface area contributed by atoms with Crippen LogP contribution in [0.2, 0.25) is 0 Å². The molecular formula is C18H21F2N3S. The molecule has 0 spiro atoms. The van der Waals surface area contributed by atoms with E-state index < -0.39 is 5.92 Å². The van der Waals surface area contributed by atoms with E-state index in [0.29, 0.717) is 5.69 Å². The van der Waals surface area contributed by atoms with E-state index in [-0.39, 0.29) is 5.69 Å². The predicted molar refractivity (Wildman–Crippen MR) is 95.1 cm³/mol. The minimum Gasteiger partial charge on any atom is -0.371 e. The van der Waals surface area contributed by atoms with E-state index in [2.05, 4.69) is 16.6 Å². The van der Waals surface area contributed by atoms with Gasteiger partial charge in [0.25, 0.3) is 0 Å². The second-order valence-electron chi connectivity index (χ2n) is 5.97. The largest absolute Gasteiger partial charge is 0.371 e. The molecule has 0 saturated carbocycles. The van der Waals surface area contributed by atoms with Gasteiger partial charge in [0.05, 0.1) is 9.75 Å². The van der Waals surface area contributed by atoms with Crippen molar-refractivity contribution in [3.63, 3.8) is 0 Å². The van der Waals surface area contributed by atoms with Gasteiger partial charge in [0, 0.05) is 25.8 Å². The normalized spacial score (nSPS) is 15.6. The van der Waals surface area contributed by atoms with E-state index in [9.17, 15) is 8.78 Å². The summed E-state index contributed by atoms with van der Waals surface area (Å²) >= 11 is 1.55. The fraction of sp³-hybridized carbons (Fsp3) is 0.389. The van der Waals surface area contributed by atoms with Gasteiger partial charge in [-0.25, -0.2) is 0 Å². The van der Waals surface area contributed by atoms with Gasteiger partial charge in [-0.3, -0.25) is 4.68 Å². The second-order valence-corrected chi connectivity index (χ2v) is 7.05. The van der Waals surface area contributed by atoms with Crippen LogP contribution in [0.1, 0.15) is 30.3 Å². The van der Waals surface area contributed by atoms with E-state index >= 15 is 0 Å². The molecule has 0 atom stereocenters. The predicted octanol–water partition coefficient (Wildman–Crippen LogP) is 4.88. The second kappa shape index (κ2) is 6.51. The molecule has 3 heterocycles. The lowest BCUT2D eigenvalue weighted by atomic mass is 10.2. The van der Waals surface area contributed by atoms with Crippen molar-refractivity contribution in [1.82, 2.24) is 14.7 Å². The number of aromatic nitrogens is 2. The maximum Gasteiger partial charge on any atom is 0.307 e. The van der Waals surface area contributed by atoms with Crippen molar-refractivity contribution in [2.45, 2.75) is 25.7 Å². The molecule has 0 unspecified atom stereocenters. The van der Waals surface area contributed by atoms with Crippen LogP contribution < -0.4 is 0 Å². The standard InChI is InChI=1S/C18H21F2N3S/c1-4-9-18(19,20)17-12-14(21-22(17)3)16-8-7-15(24-16)13(2)23-10-5-6-11-23/h4,7-9,12H,2,5-6,10-11H2,1,3H3/b9-4+. The summed E-state index contributed by atoms with van der Waals surface area (Å²) in [5, 5.41) is 4.27. The number of hydrogen-bond donors (Lipinski definition) is 0. The monoisotopic (exact) mass is 349 g/mol. The van der Waals surface area contributed by atoms with Crippen molar-refractivity contribution >= 4 is 17.0 Å². The Bertz CT molecular complexity index is 767. The Labute approximate surface area is 144 Å².